The zero-order chi connectivity index (χ0) is 20.7. The summed E-state index contributed by atoms with van der Waals surface area (Å²) in [5.41, 5.74) is 6.87. The van der Waals surface area contributed by atoms with E-state index in [4.69, 9.17) is 4.98 Å². The Morgan fingerprint density at radius 2 is 1.77 bits per heavy atom. The number of nitrogens with one attached hydrogen (secondary N) is 1. The molecule has 0 unspecified atom stereocenters. The van der Waals surface area contributed by atoms with Crippen LogP contribution in [0.2, 0.25) is 0 Å². The summed E-state index contributed by atoms with van der Waals surface area (Å²) in [4.78, 5) is 17.8. The molecule has 0 saturated carbocycles. The molecular weight excluding hydrogens is 390 g/mol. The van der Waals surface area contributed by atoms with Crippen LogP contribution in [-0.2, 0) is 6.54 Å². The maximum atomic E-state index is 13.0. The Hall–Kier alpha value is -3.44. The normalized spacial score (nSPS) is 11.3. The number of aryl methyl sites for hydroxylation is 2. The van der Waals surface area contributed by atoms with Gasteiger partial charge in [-0.15, -0.1) is 11.3 Å². The van der Waals surface area contributed by atoms with Gasteiger partial charge in [-0.25, -0.2) is 4.98 Å². The molecule has 2 aromatic carbocycles. The summed E-state index contributed by atoms with van der Waals surface area (Å²) < 4.78 is 3.20. The van der Waals surface area contributed by atoms with Crippen LogP contribution >= 0.6 is 11.3 Å². The lowest BCUT2D eigenvalue weighted by Gasteiger charge is -2.08. The number of thiophene rings is 1. The summed E-state index contributed by atoms with van der Waals surface area (Å²) in [7, 11) is 0. The number of hydrogen-bond donors (Lipinski definition) is 1. The number of imidazole rings is 1. The highest BCUT2D eigenvalue weighted by Gasteiger charge is 2.17. The molecule has 0 atom stereocenters. The van der Waals surface area contributed by atoms with Crippen molar-refractivity contribution in [2.75, 3.05) is 0 Å². The van der Waals surface area contributed by atoms with Crippen LogP contribution in [0.5, 0.6) is 0 Å². The molecule has 5 rings (SSSR count). The molecule has 0 fully saturated rings. The van der Waals surface area contributed by atoms with E-state index in [1.54, 1.807) is 11.3 Å². The van der Waals surface area contributed by atoms with E-state index in [9.17, 15) is 4.79 Å². The fraction of sp³-hybridized carbons (Fsp3) is 0.120. The lowest BCUT2D eigenvalue weighted by molar-refractivity contribution is 0.0952. The SMILES string of the molecule is Cc1ccc(-c2nc3ccc(C)cn3c2CNC(=O)c2csc3ccccc23)cc1. The highest BCUT2D eigenvalue weighted by atomic mass is 32.1. The standard InChI is InChI=1S/C25H21N3OS/c1-16-7-10-18(11-8-16)24-21(28-14-17(2)9-12-23(28)27-24)13-26-25(29)20-15-30-22-6-4-3-5-19(20)22/h3-12,14-15H,13H2,1-2H3,(H,26,29). The minimum Gasteiger partial charge on any atom is -0.346 e. The third-order valence-corrected chi connectivity index (χ3v) is 6.30. The average Bonchev–Trinajstić information content (AvgIpc) is 3.34. The van der Waals surface area contributed by atoms with Crippen LogP contribution in [0.4, 0.5) is 0 Å². The van der Waals surface area contributed by atoms with Crippen molar-refractivity contribution in [1.29, 1.82) is 0 Å². The molecule has 4 nitrogen and oxygen atoms in total. The Morgan fingerprint density at radius 3 is 2.60 bits per heavy atom. The van der Waals surface area contributed by atoms with Gasteiger partial charge in [0.2, 0.25) is 0 Å². The van der Waals surface area contributed by atoms with Gasteiger partial charge in [0.25, 0.3) is 5.91 Å². The Labute approximate surface area is 178 Å². The molecule has 0 aliphatic heterocycles. The zero-order valence-electron chi connectivity index (χ0n) is 16.8. The van der Waals surface area contributed by atoms with E-state index < -0.39 is 0 Å². The van der Waals surface area contributed by atoms with Crippen LogP contribution < -0.4 is 5.32 Å². The molecule has 0 radical (unpaired) electrons. The number of fused-ring (bicyclic) bond motifs is 2. The van der Waals surface area contributed by atoms with Gasteiger partial charge in [-0.05, 0) is 31.5 Å². The smallest absolute Gasteiger partial charge is 0.253 e. The largest absolute Gasteiger partial charge is 0.346 e. The molecule has 3 aromatic heterocycles. The first kappa shape index (κ1) is 18.6. The molecule has 148 valence electrons. The topological polar surface area (TPSA) is 46.4 Å². The van der Waals surface area contributed by atoms with Crippen molar-refractivity contribution in [2.45, 2.75) is 20.4 Å². The maximum Gasteiger partial charge on any atom is 0.253 e. The predicted octanol–water partition coefficient (Wildman–Crippen LogP) is 5.76. The molecule has 0 aliphatic rings. The van der Waals surface area contributed by atoms with Gasteiger partial charge < -0.3 is 9.72 Å². The Bertz CT molecular complexity index is 1380. The number of hydrogen-bond acceptors (Lipinski definition) is 3. The van der Waals surface area contributed by atoms with E-state index >= 15 is 0 Å². The fourth-order valence-electron chi connectivity index (χ4n) is 3.72. The van der Waals surface area contributed by atoms with Crippen molar-refractivity contribution in [1.82, 2.24) is 14.7 Å². The minimum absolute atomic E-state index is 0.0649. The monoisotopic (exact) mass is 411 g/mol. The summed E-state index contributed by atoms with van der Waals surface area (Å²) >= 11 is 1.59. The van der Waals surface area contributed by atoms with E-state index in [1.165, 1.54) is 5.56 Å². The molecular formula is C25H21N3OS. The molecule has 30 heavy (non-hydrogen) atoms. The molecule has 1 amide bonds. The lowest BCUT2D eigenvalue weighted by Crippen LogP contribution is -2.23. The highest BCUT2D eigenvalue weighted by Crippen LogP contribution is 2.27. The van der Waals surface area contributed by atoms with Gasteiger partial charge >= 0.3 is 0 Å². The molecule has 0 aliphatic carbocycles. The second kappa shape index (κ2) is 7.43. The van der Waals surface area contributed by atoms with E-state index in [0.29, 0.717) is 6.54 Å². The van der Waals surface area contributed by atoms with Gasteiger partial charge in [-0.1, -0.05) is 54.1 Å². The Morgan fingerprint density at radius 1 is 1.00 bits per heavy atom. The van der Waals surface area contributed by atoms with Crippen molar-refractivity contribution in [3.63, 3.8) is 0 Å². The summed E-state index contributed by atoms with van der Waals surface area (Å²) in [5, 5.41) is 6.04. The van der Waals surface area contributed by atoms with Crippen molar-refractivity contribution in [3.8, 4) is 11.3 Å². The molecule has 5 aromatic rings. The number of benzene rings is 2. The Kier molecular flexibility index (Phi) is 4.60. The van der Waals surface area contributed by atoms with Gasteiger partial charge in [0.05, 0.1) is 23.5 Å². The van der Waals surface area contributed by atoms with Gasteiger partial charge in [0.15, 0.2) is 0 Å². The van der Waals surface area contributed by atoms with Crippen LogP contribution in [0.15, 0.2) is 72.2 Å². The van der Waals surface area contributed by atoms with E-state index in [-0.39, 0.29) is 5.91 Å². The van der Waals surface area contributed by atoms with Gasteiger partial charge in [0.1, 0.15) is 5.65 Å². The number of carbonyl (C=O) groups is 1. The van der Waals surface area contributed by atoms with Gasteiger partial charge in [0, 0.05) is 27.2 Å². The summed E-state index contributed by atoms with van der Waals surface area (Å²) in [6.07, 6.45) is 2.07. The maximum absolute atomic E-state index is 13.0. The van der Waals surface area contributed by atoms with Crippen LogP contribution in [0, 0.1) is 13.8 Å². The van der Waals surface area contributed by atoms with Crippen molar-refractivity contribution < 1.29 is 4.79 Å². The summed E-state index contributed by atoms with van der Waals surface area (Å²) in [6.45, 7) is 4.53. The second-order valence-corrected chi connectivity index (χ2v) is 8.45. The second-order valence-electron chi connectivity index (χ2n) is 7.54. The van der Waals surface area contributed by atoms with Crippen LogP contribution in [0.25, 0.3) is 27.0 Å². The number of amides is 1. The number of aromatic nitrogens is 2. The third-order valence-electron chi connectivity index (χ3n) is 5.33. The van der Waals surface area contributed by atoms with Crippen molar-refractivity contribution >= 4 is 33.0 Å². The molecule has 0 saturated heterocycles. The average molecular weight is 412 g/mol. The van der Waals surface area contributed by atoms with Crippen molar-refractivity contribution in [3.05, 3.63) is 94.6 Å². The molecule has 3 heterocycles. The first-order valence-corrected chi connectivity index (χ1v) is 10.8. The van der Waals surface area contributed by atoms with Crippen molar-refractivity contribution in [2.24, 2.45) is 0 Å². The van der Waals surface area contributed by atoms with Crippen LogP contribution in [-0.4, -0.2) is 15.3 Å². The number of rotatable bonds is 4. The molecule has 0 bridgehead atoms. The quantitative estimate of drug-likeness (QED) is 0.408. The fourth-order valence-corrected chi connectivity index (χ4v) is 4.66. The zero-order valence-corrected chi connectivity index (χ0v) is 17.7. The third kappa shape index (κ3) is 3.27. The van der Waals surface area contributed by atoms with Gasteiger partial charge in [-0.2, -0.15) is 0 Å². The lowest BCUT2D eigenvalue weighted by atomic mass is 10.1. The van der Waals surface area contributed by atoms with E-state index in [2.05, 4.69) is 60.1 Å². The molecule has 5 heteroatoms. The number of pyridine rings is 1. The molecule has 1 N–H and O–H groups in total. The van der Waals surface area contributed by atoms with Crippen LogP contribution in [0.1, 0.15) is 27.2 Å². The van der Waals surface area contributed by atoms with E-state index in [0.717, 1.165) is 43.8 Å². The first-order valence-electron chi connectivity index (χ1n) is 9.89. The van der Waals surface area contributed by atoms with Crippen LogP contribution in [0.3, 0.4) is 0 Å². The Balaban J connectivity index is 1.52. The van der Waals surface area contributed by atoms with E-state index in [1.807, 2.05) is 35.7 Å². The first-order chi connectivity index (χ1) is 14.6. The predicted molar refractivity (Wildman–Crippen MR) is 123 cm³/mol. The summed E-state index contributed by atoms with van der Waals surface area (Å²) in [6, 6.07) is 20.4. The highest BCUT2D eigenvalue weighted by molar-refractivity contribution is 7.17. The molecule has 0 spiro atoms. The summed E-state index contributed by atoms with van der Waals surface area (Å²) in [5.74, 6) is -0.0649. The number of nitrogens with zero attached hydrogens (tertiary/aromatic N) is 2. The number of carbonyl (C=O) groups excluding carboxylic acids is 1. The van der Waals surface area contributed by atoms with Gasteiger partial charge in [-0.3, -0.25) is 4.79 Å². The minimum atomic E-state index is -0.0649.